The highest BCUT2D eigenvalue weighted by molar-refractivity contribution is 5.29. The number of nitrogens with two attached hydrogens (primary N) is 1. The van der Waals surface area contributed by atoms with Crippen LogP contribution in [-0.4, -0.2) is 23.1 Å². The summed E-state index contributed by atoms with van der Waals surface area (Å²) >= 11 is 0. The van der Waals surface area contributed by atoms with Crippen LogP contribution in [0.25, 0.3) is 0 Å². The molecule has 0 bridgehead atoms. The Balaban J connectivity index is 2.43. The Hall–Kier alpha value is -1.13. The molecular formula is C15H25N3O. The second kappa shape index (κ2) is 5.88. The van der Waals surface area contributed by atoms with Crippen LogP contribution in [-0.2, 0) is 26.1 Å². The predicted octanol–water partition coefficient (Wildman–Crippen LogP) is 1.34. The van der Waals surface area contributed by atoms with Crippen molar-refractivity contribution >= 4 is 0 Å². The van der Waals surface area contributed by atoms with Crippen molar-refractivity contribution in [3.05, 3.63) is 33.2 Å². The minimum Gasteiger partial charge on any atom is -0.326 e. The number of hydrogen-bond acceptors (Lipinski definition) is 3. The first kappa shape index (κ1) is 14.3. The molecule has 0 fully saturated rings. The smallest absolute Gasteiger partial charge is 0.255 e. The highest BCUT2D eigenvalue weighted by Gasteiger charge is 2.19. The Bertz CT molecular complexity index is 505. The van der Waals surface area contributed by atoms with Crippen LogP contribution in [0, 0.1) is 5.92 Å². The van der Waals surface area contributed by atoms with Gasteiger partial charge in [0, 0.05) is 43.9 Å². The van der Waals surface area contributed by atoms with Crippen LogP contribution >= 0.6 is 0 Å². The van der Waals surface area contributed by atoms with Gasteiger partial charge in [0.15, 0.2) is 0 Å². The molecule has 2 rings (SSSR count). The first-order valence-corrected chi connectivity index (χ1v) is 7.16. The van der Waals surface area contributed by atoms with E-state index in [1.54, 1.807) is 0 Å². The summed E-state index contributed by atoms with van der Waals surface area (Å²) in [5, 5.41) is 0. The van der Waals surface area contributed by atoms with Gasteiger partial charge in [0.05, 0.1) is 0 Å². The maximum Gasteiger partial charge on any atom is 0.255 e. The summed E-state index contributed by atoms with van der Waals surface area (Å²) in [7, 11) is 2.12. The van der Waals surface area contributed by atoms with E-state index in [2.05, 4.69) is 25.8 Å². The van der Waals surface area contributed by atoms with Crippen LogP contribution < -0.4 is 11.3 Å². The quantitative estimate of drug-likeness (QED) is 0.892. The summed E-state index contributed by atoms with van der Waals surface area (Å²) in [6.45, 7) is 7.48. The molecule has 1 aliphatic heterocycles. The second-order valence-corrected chi connectivity index (χ2v) is 5.97. The topological polar surface area (TPSA) is 51.3 Å². The van der Waals surface area contributed by atoms with Gasteiger partial charge in [-0.05, 0) is 31.0 Å². The average Bonchev–Trinajstić information content (AvgIpc) is 2.37. The molecule has 0 radical (unpaired) electrons. The van der Waals surface area contributed by atoms with Crippen molar-refractivity contribution in [3.8, 4) is 0 Å². The summed E-state index contributed by atoms with van der Waals surface area (Å²) in [5.41, 5.74) is 9.08. The number of aromatic nitrogens is 1. The predicted molar refractivity (Wildman–Crippen MR) is 78.1 cm³/mol. The van der Waals surface area contributed by atoms with Gasteiger partial charge in [-0.2, -0.15) is 0 Å². The van der Waals surface area contributed by atoms with Crippen molar-refractivity contribution in [1.29, 1.82) is 0 Å². The molecule has 1 aromatic rings. The Morgan fingerprint density at radius 2 is 2.16 bits per heavy atom. The van der Waals surface area contributed by atoms with Gasteiger partial charge in [-0.15, -0.1) is 0 Å². The number of pyridine rings is 1. The van der Waals surface area contributed by atoms with Crippen LogP contribution in [0.3, 0.4) is 0 Å². The fraction of sp³-hybridized carbons (Fsp3) is 0.667. The number of nitrogens with zero attached hydrogens (tertiary/aromatic N) is 2. The van der Waals surface area contributed by atoms with E-state index in [4.69, 9.17) is 5.73 Å². The third-order valence-electron chi connectivity index (χ3n) is 3.89. The van der Waals surface area contributed by atoms with Gasteiger partial charge in [0.2, 0.25) is 0 Å². The van der Waals surface area contributed by atoms with E-state index in [9.17, 15) is 4.79 Å². The molecule has 19 heavy (non-hydrogen) atoms. The van der Waals surface area contributed by atoms with Gasteiger partial charge in [-0.1, -0.05) is 13.8 Å². The van der Waals surface area contributed by atoms with Crippen molar-refractivity contribution < 1.29 is 0 Å². The molecule has 4 heteroatoms. The Morgan fingerprint density at radius 3 is 2.79 bits per heavy atom. The SMILES string of the molecule is CC(C)CCn1c2c(cc(CN)c1=O)CN(C)CC2. The van der Waals surface area contributed by atoms with Crippen molar-refractivity contribution in [2.45, 2.75) is 46.3 Å². The van der Waals surface area contributed by atoms with Gasteiger partial charge >= 0.3 is 0 Å². The molecule has 0 spiro atoms. The van der Waals surface area contributed by atoms with Gasteiger partial charge in [-0.25, -0.2) is 0 Å². The molecule has 0 saturated carbocycles. The van der Waals surface area contributed by atoms with E-state index in [1.165, 1.54) is 11.3 Å². The zero-order chi connectivity index (χ0) is 14.0. The molecule has 2 N–H and O–H groups in total. The molecule has 0 amide bonds. The number of likely N-dealkylation sites (N-methyl/N-ethyl adjacent to an activating group) is 1. The lowest BCUT2D eigenvalue weighted by Gasteiger charge is -2.28. The number of fused-ring (bicyclic) bond motifs is 1. The van der Waals surface area contributed by atoms with E-state index in [1.807, 2.05) is 10.6 Å². The first-order chi connectivity index (χ1) is 9.02. The summed E-state index contributed by atoms with van der Waals surface area (Å²) in [6, 6.07) is 2.01. The highest BCUT2D eigenvalue weighted by Crippen LogP contribution is 2.18. The number of rotatable bonds is 4. The first-order valence-electron chi connectivity index (χ1n) is 7.16. The van der Waals surface area contributed by atoms with E-state index < -0.39 is 0 Å². The molecule has 106 valence electrons. The van der Waals surface area contributed by atoms with Gasteiger partial charge in [0.1, 0.15) is 0 Å². The van der Waals surface area contributed by atoms with E-state index >= 15 is 0 Å². The molecule has 0 aromatic carbocycles. The summed E-state index contributed by atoms with van der Waals surface area (Å²) < 4.78 is 1.98. The second-order valence-electron chi connectivity index (χ2n) is 5.97. The molecule has 0 unspecified atom stereocenters. The van der Waals surface area contributed by atoms with E-state index in [0.717, 1.165) is 38.0 Å². The summed E-state index contributed by atoms with van der Waals surface area (Å²) in [6.07, 6.45) is 2.00. The fourth-order valence-corrected chi connectivity index (χ4v) is 2.69. The zero-order valence-electron chi connectivity index (χ0n) is 12.3. The van der Waals surface area contributed by atoms with Gasteiger partial charge < -0.3 is 15.2 Å². The van der Waals surface area contributed by atoms with Gasteiger partial charge in [0.25, 0.3) is 5.56 Å². The van der Waals surface area contributed by atoms with Gasteiger partial charge in [-0.3, -0.25) is 4.79 Å². The minimum atomic E-state index is 0.117. The fourth-order valence-electron chi connectivity index (χ4n) is 2.69. The number of hydrogen-bond donors (Lipinski definition) is 1. The lowest BCUT2D eigenvalue weighted by molar-refractivity contribution is 0.302. The third kappa shape index (κ3) is 3.07. The third-order valence-corrected chi connectivity index (χ3v) is 3.89. The molecule has 0 aliphatic carbocycles. The van der Waals surface area contributed by atoms with Crippen LogP contribution in [0.4, 0.5) is 0 Å². The van der Waals surface area contributed by atoms with Crippen LogP contribution in [0.2, 0.25) is 0 Å². The monoisotopic (exact) mass is 263 g/mol. The average molecular weight is 263 g/mol. The zero-order valence-corrected chi connectivity index (χ0v) is 12.3. The normalized spacial score (nSPS) is 15.8. The highest BCUT2D eigenvalue weighted by atomic mass is 16.1. The molecule has 2 heterocycles. The lowest BCUT2D eigenvalue weighted by Crippen LogP contribution is -2.36. The van der Waals surface area contributed by atoms with Crippen LogP contribution in [0.15, 0.2) is 10.9 Å². The Morgan fingerprint density at radius 1 is 1.42 bits per heavy atom. The Kier molecular flexibility index (Phi) is 4.42. The molecule has 0 atom stereocenters. The minimum absolute atomic E-state index is 0.117. The van der Waals surface area contributed by atoms with E-state index in [0.29, 0.717) is 12.5 Å². The van der Waals surface area contributed by atoms with Crippen molar-refractivity contribution in [2.75, 3.05) is 13.6 Å². The van der Waals surface area contributed by atoms with E-state index in [-0.39, 0.29) is 5.56 Å². The van der Waals surface area contributed by atoms with Crippen molar-refractivity contribution in [2.24, 2.45) is 11.7 Å². The van der Waals surface area contributed by atoms with Crippen molar-refractivity contribution in [3.63, 3.8) is 0 Å². The lowest BCUT2D eigenvalue weighted by atomic mass is 10.0. The maximum absolute atomic E-state index is 12.4. The van der Waals surface area contributed by atoms with Crippen LogP contribution in [0.1, 0.15) is 37.1 Å². The summed E-state index contributed by atoms with van der Waals surface area (Å²) in [4.78, 5) is 14.7. The molecule has 1 aliphatic rings. The largest absolute Gasteiger partial charge is 0.326 e. The molecule has 4 nitrogen and oxygen atoms in total. The molecular weight excluding hydrogens is 238 g/mol. The maximum atomic E-state index is 12.4. The molecule has 1 aromatic heterocycles. The molecule has 0 saturated heterocycles. The van der Waals surface area contributed by atoms with Crippen LogP contribution in [0.5, 0.6) is 0 Å². The Labute approximate surface area is 115 Å². The standard InChI is InChI=1S/C15H25N3O/c1-11(2)4-7-18-14-5-6-17(3)10-13(14)8-12(9-16)15(18)19/h8,11H,4-7,9-10,16H2,1-3H3. The summed E-state index contributed by atoms with van der Waals surface area (Å²) in [5.74, 6) is 0.607. The van der Waals surface area contributed by atoms with Crippen molar-refractivity contribution in [1.82, 2.24) is 9.47 Å².